The van der Waals surface area contributed by atoms with Crippen LogP contribution in [0.4, 0.5) is 0 Å². The van der Waals surface area contributed by atoms with Crippen molar-refractivity contribution in [1.82, 2.24) is 4.72 Å². The average molecular weight is 312 g/mol. The molecule has 0 saturated heterocycles. The third-order valence-corrected chi connectivity index (χ3v) is 5.26. The second-order valence-electron chi connectivity index (χ2n) is 5.16. The summed E-state index contributed by atoms with van der Waals surface area (Å²) < 4.78 is 32.3. The summed E-state index contributed by atoms with van der Waals surface area (Å²) in [7, 11) is -2.59. The Morgan fingerprint density at radius 3 is 2.62 bits per heavy atom. The van der Waals surface area contributed by atoms with Crippen molar-refractivity contribution in [1.29, 1.82) is 0 Å². The van der Waals surface area contributed by atoms with E-state index in [4.69, 9.17) is 5.73 Å². The van der Waals surface area contributed by atoms with E-state index in [0.29, 0.717) is 6.42 Å². The van der Waals surface area contributed by atoms with E-state index in [9.17, 15) is 13.2 Å². The molecule has 0 amide bonds. The summed E-state index contributed by atoms with van der Waals surface area (Å²) in [6.45, 7) is 0. The van der Waals surface area contributed by atoms with E-state index < -0.39 is 16.0 Å². The molecule has 3 N–H and O–H groups in total. The summed E-state index contributed by atoms with van der Waals surface area (Å²) in [6, 6.07) is 5.50. The number of nitrogens with two attached hydrogens (primary N) is 1. The normalized spacial score (nSPS) is 22.8. The van der Waals surface area contributed by atoms with Crippen LogP contribution in [0.1, 0.15) is 36.0 Å². The first kappa shape index (κ1) is 15.9. The molecule has 6 nitrogen and oxygen atoms in total. The number of hydrogen-bond donors (Lipinski definition) is 2. The number of rotatable bonds is 4. The molecular weight excluding hydrogens is 292 g/mol. The maximum atomic E-state index is 12.5. The number of esters is 1. The minimum absolute atomic E-state index is 0.0249. The van der Waals surface area contributed by atoms with E-state index in [2.05, 4.69) is 9.46 Å². The smallest absolute Gasteiger partial charge is 0.339 e. The van der Waals surface area contributed by atoms with Crippen LogP contribution in [0.5, 0.6) is 0 Å². The number of sulfonamides is 1. The van der Waals surface area contributed by atoms with Gasteiger partial charge in [-0.1, -0.05) is 25.0 Å². The molecule has 0 aliphatic heterocycles. The van der Waals surface area contributed by atoms with Crippen LogP contribution in [-0.4, -0.2) is 33.6 Å². The molecule has 2 rings (SSSR count). The SMILES string of the molecule is COC(=O)c1ccccc1S(=O)(=O)NC1CCCCC1N. The number of benzene rings is 1. The number of nitrogens with one attached hydrogen (secondary N) is 1. The van der Waals surface area contributed by atoms with Gasteiger partial charge in [0.15, 0.2) is 0 Å². The summed E-state index contributed by atoms with van der Waals surface area (Å²) in [5, 5.41) is 0. The van der Waals surface area contributed by atoms with Gasteiger partial charge < -0.3 is 10.5 Å². The summed E-state index contributed by atoms with van der Waals surface area (Å²) >= 11 is 0. The van der Waals surface area contributed by atoms with E-state index >= 15 is 0 Å². The van der Waals surface area contributed by atoms with Crippen LogP contribution in [0.25, 0.3) is 0 Å². The van der Waals surface area contributed by atoms with Crippen LogP contribution in [0, 0.1) is 0 Å². The summed E-state index contributed by atoms with van der Waals surface area (Å²) in [5.74, 6) is -0.677. The van der Waals surface area contributed by atoms with Crippen LogP contribution in [0.3, 0.4) is 0 Å². The van der Waals surface area contributed by atoms with Crippen LogP contribution < -0.4 is 10.5 Å². The lowest BCUT2D eigenvalue weighted by Crippen LogP contribution is -2.49. The molecule has 0 spiro atoms. The Morgan fingerprint density at radius 2 is 1.95 bits per heavy atom. The number of ether oxygens (including phenoxy) is 1. The quantitative estimate of drug-likeness (QED) is 0.809. The molecule has 0 bridgehead atoms. The van der Waals surface area contributed by atoms with Gasteiger partial charge in [0.1, 0.15) is 0 Å². The fourth-order valence-electron chi connectivity index (χ4n) is 2.55. The maximum absolute atomic E-state index is 12.5. The Morgan fingerprint density at radius 1 is 1.29 bits per heavy atom. The highest BCUT2D eigenvalue weighted by Crippen LogP contribution is 2.21. The van der Waals surface area contributed by atoms with Crippen LogP contribution in [-0.2, 0) is 14.8 Å². The topological polar surface area (TPSA) is 98.5 Å². The fraction of sp³-hybridized carbons (Fsp3) is 0.500. The van der Waals surface area contributed by atoms with E-state index in [1.807, 2.05) is 0 Å². The molecule has 21 heavy (non-hydrogen) atoms. The minimum atomic E-state index is -3.81. The lowest BCUT2D eigenvalue weighted by molar-refractivity contribution is 0.0596. The van der Waals surface area contributed by atoms with Crippen LogP contribution >= 0.6 is 0 Å². The number of carbonyl (C=O) groups excluding carboxylic acids is 1. The highest BCUT2D eigenvalue weighted by atomic mass is 32.2. The van der Waals surface area contributed by atoms with Gasteiger partial charge in [-0.15, -0.1) is 0 Å². The Labute approximate surface area is 124 Å². The Balaban J connectivity index is 2.29. The zero-order chi connectivity index (χ0) is 15.5. The van der Waals surface area contributed by atoms with E-state index in [0.717, 1.165) is 19.3 Å². The standard InChI is InChI=1S/C14H20N2O4S/c1-20-14(17)10-6-2-5-9-13(10)21(18,19)16-12-8-4-3-7-11(12)15/h2,5-6,9,11-12,16H,3-4,7-8,15H2,1H3. The second kappa shape index (κ2) is 6.55. The molecule has 1 fully saturated rings. The van der Waals surface area contributed by atoms with Gasteiger partial charge in [0.25, 0.3) is 0 Å². The van der Waals surface area contributed by atoms with Gasteiger partial charge >= 0.3 is 5.97 Å². The molecule has 0 heterocycles. The minimum Gasteiger partial charge on any atom is -0.465 e. The van der Waals surface area contributed by atoms with Crippen molar-refractivity contribution < 1.29 is 17.9 Å². The monoisotopic (exact) mass is 312 g/mol. The Kier molecular flexibility index (Phi) is 4.97. The van der Waals surface area contributed by atoms with E-state index in [-0.39, 0.29) is 22.5 Å². The van der Waals surface area contributed by atoms with Crippen LogP contribution in [0.2, 0.25) is 0 Å². The first-order chi connectivity index (χ1) is 9.95. The first-order valence-electron chi connectivity index (χ1n) is 6.91. The van der Waals surface area contributed by atoms with Gasteiger partial charge in [0, 0.05) is 12.1 Å². The largest absolute Gasteiger partial charge is 0.465 e. The second-order valence-corrected chi connectivity index (χ2v) is 6.85. The molecule has 2 unspecified atom stereocenters. The molecule has 1 saturated carbocycles. The number of methoxy groups -OCH3 is 1. The van der Waals surface area contributed by atoms with Crippen molar-refractivity contribution >= 4 is 16.0 Å². The van der Waals surface area contributed by atoms with Crippen LogP contribution in [0.15, 0.2) is 29.2 Å². The van der Waals surface area contributed by atoms with Crippen molar-refractivity contribution in [2.24, 2.45) is 5.73 Å². The van der Waals surface area contributed by atoms with Gasteiger partial charge in [-0.3, -0.25) is 0 Å². The van der Waals surface area contributed by atoms with Gasteiger partial charge in [-0.05, 0) is 25.0 Å². The average Bonchev–Trinajstić information content (AvgIpc) is 2.48. The Bertz CT molecular complexity index is 615. The third kappa shape index (κ3) is 3.61. The van der Waals surface area contributed by atoms with Crippen molar-refractivity contribution in [3.63, 3.8) is 0 Å². The number of hydrogen-bond acceptors (Lipinski definition) is 5. The summed E-state index contributed by atoms with van der Waals surface area (Å²) in [6.07, 6.45) is 3.46. The lowest BCUT2D eigenvalue weighted by atomic mass is 9.92. The van der Waals surface area contributed by atoms with Crippen molar-refractivity contribution in [3.8, 4) is 0 Å². The third-order valence-electron chi connectivity index (χ3n) is 3.71. The van der Waals surface area contributed by atoms with E-state index in [1.165, 1.54) is 19.2 Å². The molecule has 0 radical (unpaired) electrons. The maximum Gasteiger partial charge on any atom is 0.339 e. The predicted molar refractivity (Wildman–Crippen MR) is 78.3 cm³/mol. The van der Waals surface area contributed by atoms with E-state index in [1.54, 1.807) is 12.1 Å². The molecule has 2 atom stereocenters. The molecular formula is C14H20N2O4S. The summed E-state index contributed by atoms with van der Waals surface area (Å²) in [5.41, 5.74) is 5.99. The van der Waals surface area contributed by atoms with Gasteiger partial charge in [-0.25, -0.2) is 17.9 Å². The fourth-order valence-corrected chi connectivity index (χ4v) is 4.06. The highest BCUT2D eigenvalue weighted by Gasteiger charge is 2.29. The molecule has 1 aromatic rings. The molecule has 1 aliphatic carbocycles. The molecule has 0 aromatic heterocycles. The molecule has 116 valence electrons. The zero-order valence-electron chi connectivity index (χ0n) is 11.9. The van der Waals surface area contributed by atoms with Gasteiger partial charge in [-0.2, -0.15) is 0 Å². The first-order valence-corrected chi connectivity index (χ1v) is 8.39. The van der Waals surface area contributed by atoms with Crippen molar-refractivity contribution in [2.75, 3.05) is 7.11 Å². The van der Waals surface area contributed by atoms with Crippen molar-refractivity contribution in [2.45, 2.75) is 42.7 Å². The number of carbonyl (C=O) groups is 1. The molecule has 7 heteroatoms. The molecule has 1 aromatic carbocycles. The predicted octanol–water partition coefficient (Wildman–Crippen LogP) is 1.02. The molecule has 1 aliphatic rings. The lowest BCUT2D eigenvalue weighted by Gasteiger charge is -2.29. The zero-order valence-corrected chi connectivity index (χ0v) is 12.7. The van der Waals surface area contributed by atoms with Crippen molar-refractivity contribution in [3.05, 3.63) is 29.8 Å². The summed E-state index contributed by atoms with van der Waals surface area (Å²) in [4.78, 5) is 11.6. The Hall–Kier alpha value is -1.44. The van der Waals surface area contributed by atoms with Gasteiger partial charge in [0.05, 0.1) is 17.6 Å². The van der Waals surface area contributed by atoms with Gasteiger partial charge in [0.2, 0.25) is 10.0 Å². The highest BCUT2D eigenvalue weighted by molar-refractivity contribution is 7.89.